The minimum Gasteiger partial charge on any atom is -0.264 e. The van der Waals surface area contributed by atoms with Crippen LogP contribution >= 0.6 is 22.9 Å². The Morgan fingerprint density at radius 3 is 2.71 bits per heavy atom. The molecule has 1 aromatic carbocycles. The van der Waals surface area contributed by atoms with Crippen molar-refractivity contribution in [1.29, 1.82) is 0 Å². The third-order valence-corrected chi connectivity index (χ3v) is 5.63. The van der Waals surface area contributed by atoms with Crippen molar-refractivity contribution in [3.05, 3.63) is 51.2 Å². The third kappa shape index (κ3) is 3.12. The second-order valence-electron chi connectivity index (χ2n) is 4.62. The van der Waals surface area contributed by atoms with Crippen molar-refractivity contribution in [2.45, 2.75) is 24.2 Å². The van der Waals surface area contributed by atoms with E-state index in [1.165, 1.54) is 23.5 Å². The molecule has 0 bridgehead atoms. The van der Waals surface area contributed by atoms with Crippen molar-refractivity contribution in [3.8, 4) is 0 Å². The molecule has 21 heavy (non-hydrogen) atoms. The van der Waals surface area contributed by atoms with Gasteiger partial charge in [0.1, 0.15) is 4.90 Å². The number of oxime groups is 1. The molecule has 7 heteroatoms. The van der Waals surface area contributed by atoms with Crippen molar-refractivity contribution in [3.63, 3.8) is 0 Å². The van der Waals surface area contributed by atoms with E-state index in [4.69, 9.17) is 15.9 Å². The molecular weight excluding hydrogens is 330 g/mol. The maximum Gasteiger partial charge on any atom is 0.358 e. The molecule has 4 nitrogen and oxygen atoms in total. The normalized spacial score (nSPS) is 16.7. The molecule has 0 atom stereocenters. The van der Waals surface area contributed by atoms with E-state index in [-0.39, 0.29) is 4.90 Å². The minimum atomic E-state index is -3.87. The van der Waals surface area contributed by atoms with E-state index in [0.29, 0.717) is 16.5 Å². The molecular formula is C14H12ClNO3S2. The SMILES string of the molecule is O=S(=O)(ON=C1CCCc2sc(Cl)cc21)c1ccccc1. The summed E-state index contributed by atoms with van der Waals surface area (Å²) in [6, 6.07) is 9.79. The van der Waals surface area contributed by atoms with Gasteiger partial charge >= 0.3 is 10.1 Å². The molecule has 0 radical (unpaired) electrons. The first-order valence-corrected chi connectivity index (χ1v) is 9.01. The summed E-state index contributed by atoms with van der Waals surface area (Å²) in [7, 11) is -3.87. The maximum atomic E-state index is 12.0. The van der Waals surface area contributed by atoms with Gasteiger partial charge in [-0.1, -0.05) is 35.0 Å². The summed E-state index contributed by atoms with van der Waals surface area (Å²) in [4.78, 5) is 1.22. The standard InChI is InChI=1S/C14H12ClNO3S2/c15-14-9-11-12(7-4-8-13(11)20-14)16-19-21(17,18)10-5-2-1-3-6-10/h1-3,5-6,9H,4,7-8H2. The van der Waals surface area contributed by atoms with Crippen molar-refractivity contribution in [2.75, 3.05) is 0 Å². The lowest BCUT2D eigenvalue weighted by atomic mass is 9.97. The zero-order valence-electron chi connectivity index (χ0n) is 11.0. The number of benzene rings is 1. The van der Waals surface area contributed by atoms with Crippen molar-refractivity contribution < 1.29 is 12.7 Å². The highest BCUT2D eigenvalue weighted by Crippen LogP contribution is 2.33. The average Bonchev–Trinajstić information content (AvgIpc) is 2.87. The van der Waals surface area contributed by atoms with Gasteiger partial charge < -0.3 is 0 Å². The predicted octanol–water partition coefficient (Wildman–Crippen LogP) is 3.85. The van der Waals surface area contributed by atoms with Gasteiger partial charge in [0, 0.05) is 10.4 Å². The van der Waals surface area contributed by atoms with Crippen LogP contribution in [0.15, 0.2) is 46.4 Å². The van der Waals surface area contributed by atoms with Gasteiger partial charge in [-0.2, -0.15) is 8.42 Å². The lowest BCUT2D eigenvalue weighted by molar-refractivity contribution is 0.337. The van der Waals surface area contributed by atoms with Crippen molar-refractivity contribution in [2.24, 2.45) is 5.16 Å². The van der Waals surface area contributed by atoms with Crippen molar-refractivity contribution in [1.82, 2.24) is 0 Å². The van der Waals surface area contributed by atoms with Gasteiger partial charge in [-0.05, 0) is 37.5 Å². The zero-order chi connectivity index (χ0) is 14.9. The van der Waals surface area contributed by atoms with E-state index in [0.717, 1.165) is 23.3 Å². The summed E-state index contributed by atoms with van der Waals surface area (Å²) in [6.07, 6.45) is 2.54. The Balaban J connectivity index is 1.87. The summed E-state index contributed by atoms with van der Waals surface area (Å²) >= 11 is 7.51. The Labute approximate surface area is 132 Å². The second kappa shape index (κ2) is 5.79. The van der Waals surface area contributed by atoms with Crippen LogP contribution in [0, 0.1) is 0 Å². The topological polar surface area (TPSA) is 55.7 Å². The first-order valence-electron chi connectivity index (χ1n) is 6.40. The fourth-order valence-electron chi connectivity index (χ4n) is 2.20. The molecule has 0 aliphatic heterocycles. The fourth-order valence-corrected chi connectivity index (χ4v) is 4.29. The molecule has 0 unspecified atom stereocenters. The quantitative estimate of drug-likeness (QED) is 0.797. The maximum absolute atomic E-state index is 12.0. The Kier molecular flexibility index (Phi) is 4.01. The number of nitrogens with zero attached hydrogens (tertiary/aromatic N) is 1. The van der Waals surface area contributed by atoms with Gasteiger partial charge in [0.25, 0.3) is 0 Å². The molecule has 0 saturated carbocycles. The molecule has 3 rings (SSSR count). The number of thiophene rings is 1. The Bertz CT molecular complexity index is 782. The number of halogens is 1. The molecule has 1 aliphatic carbocycles. The number of rotatable bonds is 3. The molecule has 0 fully saturated rings. The summed E-state index contributed by atoms with van der Waals surface area (Å²) in [6.45, 7) is 0. The largest absolute Gasteiger partial charge is 0.358 e. The van der Waals surface area contributed by atoms with E-state index < -0.39 is 10.1 Å². The molecule has 110 valence electrons. The first kappa shape index (κ1) is 14.6. The van der Waals surface area contributed by atoms with E-state index in [1.54, 1.807) is 18.2 Å². The van der Waals surface area contributed by atoms with Crippen LogP contribution in [0.25, 0.3) is 0 Å². The van der Waals surface area contributed by atoms with Gasteiger partial charge in [0.15, 0.2) is 0 Å². The van der Waals surface area contributed by atoms with Crippen LogP contribution in [0.5, 0.6) is 0 Å². The second-order valence-corrected chi connectivity index (χ2v) is 7.92. The number of fused-ring (bicyclic) bond motifs is 1. The molecule has 0 saturated heterocycles. The highest BCUT2D eigenvalue weighted by atomic mass is 35.5. The molecule has 1 aromatic heterocycles. The van der Waals surface area contributed by atoms with Crippen LogP contribution < -0.4 is 0 Å². The van der Waals surface area contributed by atoms with E-state index >= 15 is 0 Å². The first-order chi connectivity index (χ1) is 10.1. The Morgan fingerprint density at radius 2 is 1.95 bits per heavy atom. The lowest BCUT2D eigenvalue weighted by Gasteiger charge is -2.12. The van der Waals surface area contributed by atoms with Crippen LogP contribution in [0.4, 0.5) is 0 Å². The van der Waals surface area contributed by atoms with Crippen LogP contribution in [-0.4, -0.2) is 14.1 Å². The highest BCUT2D eigenvalue weighted by Gasteiger charge is 2.21. The van der Waals surface area contributed by atoms with Crippen LogP contribution in [-0.2, 0) is 20.8 Å². The molecule has 0 spiro atoms. The lowest BCUT2D eigenvalue weighted by Crippen LogP contribution is -2.11. The third-order valence-electron chi connectivity index (χ3n) is 3.18. The van der Waals surface area contributed by atoms with Gasteiger partial charge in [-0.15, -0.1) is 11.3 Å². The minimum absolute atomic E-state index is 0.0914. The van der Waals surface area contributed by atoms with Gasteiger partial charge in [-0.25, -0.2) is 0 Å². The van der Waals surface area contributed by atoms with Crippen LogP contribution in [0.2, 0.25) is 4.34 Å². The number of hydrogen-bond donors (Lipinski definition) is 0. The number of hydrogen-bond acceptors (Lipinski definition) is 5. The van der Waals surface area contributed by atoms with E-state index in [1.807, 2.05) is 6.07 Å². The Morgan fingerprint density at radius 1 is 1.19 bits per heavy atom. The van der Waals surface area contributed by atoms with E-state index in [2.05, 4.69) is 5.16 Å². The fraction of sp³-hybridized carbons (Fsp3) is 0.214. The number of aryl methyl sites for hydroxylation is 1. The summed E-state index contributed by atoms with van der Waals surface area (Å²) in [5.41, 5.74) is 1.54. The average molecular weight is 342 g/mol. The molecule has 0 N–H and O–H groups in total. The molecule has 1 aliphatic rings. The highest BCUT2D eigenvalue weighted by molar-refractivity contribution is 7.86. The van der Waals surface area contributed by atoms with Crippen molar-refractivity contribution >= 4 is 38.8 Å². The Hall–Kier alpha value is -1.37. The zero-order valence-corrected chi connectivity index (χ0v) is 13.3. The van der Waals surface area contributed by atoms with Gasteiger partial charge in [0.2, 0.25) is 0 Å². The predicted molar refractivity (Wildman–Crippen MR) is 83.5 cm³/mol. The van der Waals surface area contributed by atoms with Crippen LogP contribution in [0.1, 0.15) is 23.3 Å². The monoisotopic (exact) mass is 341 g/mol. The molecule has 2 aromatic rings. The summed E-state index contributed by atoms with van der Waals surface area (Å²) in [5.74, 6) is 0. The van der Waals surface area contributed by atoms with Gasteiger partial charge in [0.05, 0.1) is 10.0 Å². The van der Waals surface area contributed by atoms with Crippen LogP contribution in [0.3, 0.4) is 0 Å². The van der Waals surface area contributed by atoms with E-state index in [9.17, 15) is 8.42 Å². The van der Waals surface area contributed by atoms with Gasteiger partial charge in [-0.3, -0.25) is 4.28 Å². The molecule has 0 amide bonds. The summed E-state index contributed by atoms with van der Waals surface area (Å²) in [5, 5.41) is 3.86. The molecule has 1 heterocycles. The smallest absolute Gasteiger partial charge is 0.264 e. The summed E-state index contributed by atoms with van der Waals surface area (Å²) < 4.78 is 29.6.